The number of hydrogen-bond acceptors (Lipinski definition) is 6. The van der Waals surface area contributed by atoms with E-state index in [9.17, 15) is 23.1 Å². The van der Waals surface area contributed by atoms with Crippen molar-refractivity contribution in [3.05, 3.63) is 70.5 Å². The van der Waals surface area contributed by atoms with Crippen LogP contribution in [0.15, 0.2) is 54.4 Å². The zero-order valence-corrected chi connectivity index (χ0v) is 16.7. The number of aromatic nitrogens is 1. The molecule has 0 bridgehead atoms. The van der Waals surface area contributed by atoms with Gasteiger partial charge in [0, 0.05) is 29.0 Å². The van der Waals surface area contributed by atoms with Crippen LogP contribution in [0.1, 0.15) is 23.6 Å². The van der Waals surface area contributed by atoms with Crippen molar-refractivity contribution in [3.8, 4) is 0 Å². The number of aliphatic hydroxyl groups is 1. The second-order valence-corrected chi connectivity index (χ2v) is 9.72. The van der Waals surface area contributed by atoms with E-state index < -0.39 is 33.6 Å². The second-order valence-electron chi connectivity index (χ2n) is 7.06. The molecule has 1 aromatic carbocycles. The Morgan fingerprint density at radius 3 is 2.48 bits per heavy atom. The molecular weight excluding hydrogens is 416 g/mol. The third kappa shape index (κ3) is 3.54. The zero-order chi connectivity index (χ0) is 20.8. The topological polar surface area (TPSA) is 105 Å². The van der Waals surface area contributed by atoms with E-state index in [1.54, 1.807) is 42.6 Å². The normalized spacial score (nSPS) is 25.5. The molecule has 2 atom stereocenters. The van der Waals surface area contributed by atoms with Gasteiger partial charge in [-0.05, 0) is 42.3 Å². The molecule has 1 amide bonds. The lowest BCUT2D eigenvalue weighted by atomic mass is 9.96. The van der Waals surface area contributed by atoms with Gasteiger partial charge in [-0.15, -0.1) is 0 Å². The minimum Gasteiger partial charge on any atom is -0.507 e. The van der Waals surface area contributed by atoms with Gasteiger partial charge in [0.25, 0.3) is 11.7 Å². The molecule has 2 saturated heterocycles. The third-order valence-corrected chi connectivity index (χ3v) is 7.20. The van der Waals surface area contributed by atoms with Gasteiger partial charge in [0.05, 0.1) is 23.1 Å². The van der Waals surface area contributed by atoms with Crippen LogP contribution in [0.2, 0.25) is 5.02 Å². The van der Waals surface area contributed by atoms with Crippen LogP contribution < -0.4 is 0 Å². The molecule has 1 N–H and O–H groups in total. The number of carbonyl (C=O) groups is 2. The first kappa shape index (κ1) is 19.6. The molecule has 150 valence electrons. The Hall–Kier alpha value is -2.71. The highest BCUT2D eigenvalue weighted by atomic mass is 35.5. The summed E-state index contributed by atoms with van der Waals surface area (Å²) in [6, 6.07) is 8.01. The summed E-state index contributed by atoms with van der Waals surface area (Å²) in [6.07, 6.45) is 3.30. The SMILES string of the molecule is O=C1C(=O)N([C@H]2CCS(=O)(=O)C2)[C@H](c2cccnc2)C1=C(O)c1ccc(Cl)cc1. The van der Waals surface area contributed by atoms with Gasteiger partial charge in [-0.1, -0.05) is 17.7 Å². The summed E-state index contributed by atoms with van der Waals surface area (Å²) in [7, 11) is -3.29. The van der Waals surface area contributed by atoms with Gasteiger partial charge in [-0.25, -0.2) is 8.42 Å². The maximum absolute atomic E-state index is 12.9. The predicted molar refractivity (Wildman–Crippen MR) is 107 cm³/mol. The number of Topliss-reactive ketones (excluding diaryl/α,β-unsaturated/α-hetero) is 1. The number of ketones is 1. The van der Waals surface area contributed by atoms with E-state index in [1.165, 1.54) is 11.1 Å². The highest BCUT2D eigenvalue weighted by Crippen LogP contribution is 2.42. The zero-order valence-electron chi connectivity index (χ0n) is 15.2. The van der Waals surface area contributed by atoms with Gasteiger partial charge in [0.1, 0.15) is 5.76 Å². The highest BCUT2D eigenvalue weighted by molar-refractivity contribution is 7.91. The number of amides is 1. The minimum absolute atomic E-state index is 0.0440. The Morgan fingerprint density at radius 2 is 1.90 bits per heavy atom. The van der Waals surface area contributed by atoms with Crippen molar-refractivity contribution in [3.63, 3.8) is 0 Å². The third-order valence-electron chi connectivity index (χ3n) is 5.20. The Balaban J connectivity index is 1.88. The molecule has 3 heterocycles. The lowest BCUT2D eigenvalue weighted by Crippen LogP contribution is -2.40. The van der Waals surface area contributed by atoms with Gasteiger partial charge in [0.2, 0.25) is 0 Å². The van der Waals surface area contributed by atoms with E-state index in [-0.39, 0.29) is 29.3 Å². The maximum atomic E-state index is 12.9. The van der Waals surface area contributed by atoms with Crippen LogP contribution in [-0.4, -0.2) is 52.6 Å². The fraction of sp³-hybridized carbons (Fsp3) is 0.250. The molecule has 29 heavy (non-hydrogen) atoms. The van der Waals surface area contributed by atoms with Crippen molar-refractivity contribution in [1.29, 1.82) is 0 Å². The van der Waals surface area contributed by atoms with E-state index in [4.69, 9.17) is 11.6 Å². The Labute approximate surface area is 172 Å². The standard InChI is InChI=1S/C20H17ClN2O5S/c21-14-5-3-12(4-6-14)18(24)16-17(13-2-1-8-22-10-13)23(20(26)19(16)25)15-7-9-29(27,28)11-15/h1-6,8,10,15,17,24H,7,9,11H2/t15-,17+/m0/s1. The lowest BCUT2D eigenvalue weighted by molar-refractivity contribution is -0.141. The van der Waals surface area contributed by atoms with E-state index in [2.05, 4.69) is 4.98 Å². The van der Waals surface area contributed by atoms with Crippen LogP contribution in [-0.2, 0) is 19.4 Å². The first-order valence-electron chi connectivity index (χ1n) is 8.95. The number of carbonyl (C=O) groups excluding carboxylic acids is 2. The number of nitrogens with zero attached hydrogens (tertiary/aromatic N) is 2. The van der Waals surface area contributed by atoms with Crippen molar-refractivity contribution >= 4 is 38.9 Å². The second kappa shape index (κ2) is 7.27. The minimum atomic E-state index is -3.29. The Bertz CT molecular complexity index is 1110. The van der Waals surface area contributed by atoms with Crippen LogP contribution in [0.5, 0.6) is 0 Å². The van der Waals surface area contributed by atoms with Crippen LogP contribution in [0.25, 0.3) is 5.76 Å². The lowest BCUT2D eigenvalue weighted by Gasteiger charge is -2.29. The van der Waals surface area contributed by atoms with E-state index in [0.29, 0.717) is 16.1 Å². The first-order valence-corrected chi connectivity index (χ1v) is 11.1. The van der Waals surface area contributed by atoms with E-state index in [1.807, 2.05) is 0 Å². The molecule has 0 aliphatic carbocycles. The number of benzene rings is 1. The number of halogens is 1. The highest BCUT2D eigenvalue weighted by Gasteiger charge is 2.51. The summed E-state index contributed by atoms with van der Waals surface area (Å²) >= 11 is 5.90. The Kier molecular flexibility index (Phi) is 4.92. The number of pyridine rings is 1. The summed E-state index contributed by atoms with van der Waals surface area (Å²) in [4.78, 5) is 31.1. The van der Waals surface area contributed by atoms with Crippen molar-refractivity contribution in [1.82, 2.24) is 9.88 Å². The average molecular weight is 433 g/mol. The number of aliphatic hydroxyl groups excluding tert-OH is 1. The number of sulfone groups is 1. The van der Waals surface area contributed by atoms with Crippen LogP contribution >= 0.6 is 11.6 Å². The smallest absolute Gasteiger partial charge is 0.295 e. The van der Waals surface area contributed by atoms with Crippen molar-refractivity contribution in [2.75, 3.05) is 11.5 Å². The van der Waals surface area contributed by atoms with E-state index in [0.717, 1.165) is 0 Å². The summed E-state index contributed by atoms with van der Waals surface area (Å²) in [5.41, 5.74) is 0.765. The summed E-state index contributed by atoms with van der Waals surface area (Å²) in [6.45, 7) is 0. The molecule has 4 rings (SSSR count). The average Bonchev–Trinajstić information content (AvgIpc) is 3.19. The number of hydrogen-bond donors (Lipinski definition) is 1. The van der Waals surface area contributed by atoms with Gasteiger partial charge < -0.3 is 10.0 Å². The maximum Gasteiger partial charge on any atom is 0.295 e. The number of rotatable bonds is 3. The molecule has 2 aliphatic heterocycles. The molecule has 0 saturated carbocycles. The van der Waals surface area contributed by atoms with Gasteiger partial charge >= 0.3 is 0 Å². The molecule has 1 aromatic heterocycles. The van der Waals surface area contributed by atoms with Gasteiger partial charge in [-0.3, -0.25) is 14.6 Å². The monoisotopic (exact) mass is 432 g/mol. The molecular formula is C20H17ClN2O5S. The molecule has 2 fully saturated rings. The van der Waals surface area contributed by atoms with Crippen molar-refractivity contribution in [2.45, 2.75) is 18.5 Å². The summed E-state index contributed by atoms with van der Waals surface area (Å²) < 4.78 is 24.0. The molecule has 0 radical (unpaired) electrons. The molecule has 9 heteroatoms. The van der Waals surface area contributed by atoms with Gasteiger partial charge in [-0.2, -0.15) is 0 Å². The van der Waals surface area contributed by atoms with Crippen molar-refractivity contribution in [2.24, 2.45) is 0 Å². The molecule has 7 nitrogen and oxygen atoms in total. The fourth-order valence-corrected chi connectivity index (χ4v) is 5.69. The Morgan fingerprint density at radius 1 is 1.17 bits per heavy atom. The van der Waals surface area contributed by atoms with Gasteiger partial charge in [0.15, 0.2) is 9.84 Å². The number of likely N-dealkylation sites (tertiary alicyclic amines) is 1. The molecule has 2 aromatic rings. The van der Waals surface area contributed by atoms with Crippen LogP contribution in [0, 0.1) is 0 Å². The fourth-order valence-electron chi connectivity index (χ4n) is 3.85. The van der Waals surface area contributed by atoms with E-state index >= 15 is 0 Å². The largest absolute Gasteiger partial charge is 0.507 e. The molecule has 0 spiro atoms. The summed E-state index contributed by atoms with van der Waals surface area (Å²) in [5, 5.41) is 11.4. The predicted octanol–water partition coefficient (Wildman–Crippen LogP) is 2.34. The van der Waals surface area contributed by atoms with Crippen LogP contribution in [0.3, 0.4) is 0 Å². The quantitative estimate of drug-likeness (QED) is 0.453. The summed E-state index contributed by atoms with van der Waals surface area (Å²) in [5.74, 6) is -2.26. The molecule has 2 aliphatic rings. The molecule has 0 unspecified atom stereocenters. The van der Waals surface area contributed by atoms with Crippen molar-refractivity contribution < 1.29 is 23.1 Å². The van der Waals surface area contributed by atoms with Crippen LogP contribution in [0.4, 0.5) is 0 Å². The first-order chi connectivity index (χ1) is 13.8.